The minimum atomic E-state index is -0.787. The lowest BCUT2D eigenvalue weighted by atomic mass is 10.1. The Morgan fingerprint density at radius 1 is 0.783 bits per heavy atom. The van der Waals surface area contributed by atoms with E-state index in [2.05, 4.69) is 0 Å². The highest BCUT2D eigenvalue weighted by Gasteiger charge is 2.16. The molecule has 0 saturated heterocycles. The Balaban J connectivity index is 2.23. The highest BCUT2D eigenvalue weighted by atomic mass is 16.7. The Labute approximate surface area is 136 Å². The van der Waals surface area contributed by atoms with Gasteiger partial charge in [0.25, 0.3) is 0 Å². The molecule has 0 saturated carbocycles. The summed E-state index contributed by atoms with van der Waals surface area (Å²) < 4.78 is 10.7. The minimum Gasteiger partial charge on any atom is -0.394 e. The van der Waals surface area contributed by atoms with Gasteiger partial charge in [-0.25, -0.2) is 4.79 Å². The van der Waals surface area contributed by atoms with Gasteiger partial charge in [-0.2, -0.15) is 0 Å². The average molecular weight is 312 g/mol. The fourth-order valence-electron chi connectivity index (χ4n) is 2.73. The molecule has 2 rings (SSSR count). The maximum absolute atomic E-state index is 12.1. The van der Waals surface area contributed by atoms with E-state index >= 15 is 0 Å². The summed E-state index contributed by atoms with van der Waals surface area (Å²) in [7, 11) is 0. The Bertz CT molecular complexity index is 729. The van der Waals surface area contributed by atoms with Crippen LogP contribution in [0.2, 0.25) is 0 Å². The number of carbonyl (C=O) groups excluding carboxylic acids is 2. The van der Waals surface area contributed by atoms with Crippen molar-refractivity contribution >= 4 is 12.4 Å². The minimum absolute atomic E-state index is 0.419. The van der Waals surface area contributed by atoms with Crippen LogP contribution in [0.25, 0.3) is 0 Å². The molecule has 0 spiro atoms. The molecule has 23 heavy (non-hydrogen) atoms. The molecule has 4 nitrogen and oxygen atoms in total. The molecule has 0 bridgehead atoms. The normalized spacial score (nSPS) is 10.3. The zero-order valence-electron chi connectivity index (χ0n) is 14.0. The Kier molecular flexibility index (Phi) is 4.84. The van der Waals surface area contributed by atoms with E-state index in [-0.39, 0.29) is 0 Å². The predicted molar refractivity (Wildman–Crippen MR) is 88.6 cm³/mol. The van der Waals surface area contributed by atoms with Crippen molar-refractivity contribution in [2.45, 2.75) is 34.6 Å². The molecule has 0 unspecified atom stereocenters. The van der Waals surface area contributed by atoms with Crippen LogP contribution in [-0.4, -0.2) is 12.4 Å². The molecule has 0 aliphatic carbocycles. The van der Waals surface area contributed by atoms with Crippen molar-refractivity contribution in [1.29, 1.82) is 0 Å². The summed E-state index contributed by atoms with van der Waals surface area (Å²) in [5.74, 6) is 0.934. The van der Waals surface area contributed by atoms with E-state index in [0.29, 0.717) is 28.2 Å². The molecule has 0 heterocycles. The van der Waals surface area contributed by atoms with Gasteiger partial charge in [-0.05, 0) is 69.0 Å². The van der Waals surface area contributed by atoms with E-state index in [1.165, 1.54) is 0 Å². The Morgan fingerprint density at radius 3 is 1.57 bits per heavy atom. The largest absolute Gasteiger partial charge is 0.519 e. The number of rotatable bonds is 3. The zero-order chi connectivity index (χ0) is 17.1. The van der Waals surface area contributed by atoms with Gasteiger partial charge in [0, 0.05) is 5.56 Å². The number of benzene rings is 2. The van der Waals surface area contributed by atoms with Crippen LogP contribution < -0.4 is 9.47 Å². The highest BCUT2D eigenvalue weighted by molar-refractivity contribution is 5.77. The monoisotopic (exact) mass is 312 g/mol. The quantitative estimate of drug-likeness (QED) is 0.471. The number of carbonyl (C=O) groups is 2. The van der Waals surface area contributed by atoms with Crippen molar-refractivity contribution in [3.8, 4) is 11.5 Å². The molecule has 0 radical (unpaired) electrons. The van der Waals surface area contributed by atoms with E-state index < -0.39 is 6.16 Å². The van der Waals surface area contributed by atoms with Crippen LogP contribution in [0, 0.1) is 34.6 Å². The molecule has 2 aromatic carbocycles. The van der Waals surface area contributed by atoms with Gasteiger partial charge in [0.2, 0.25) is 0 Å². The molecule has 2 aromatic rings. The van der Waals surface area contributed by atoms with Crippen molar-refractivity contribution in [3.05, 3.63) is 57.6 Å². The molecule has 0 N–H and O–H groups in total. The highest BCUT2D eigenvalue weighted by Crippen LogP contribution is 2.27. The van der Waals surface area contributed by atoms with E-state index in [0.717, 1.165) is 23.0 Å². The van der Waals surface area contributed by atoms with Gasteiger partial charge < -0.3 is 9.47 Å². The third-order valence-corrected chi connectivity index (χ3v) is 3.59. The van der Waals surface area contributed by atoms with Crippen molar-refractivity contribution in [2.24, 2.45) is 0 Å². The van der Waals surface area contributed by atoms with Crippen LogP contribution >= 0.6 is 0 Å². The smallest absolute Gasteiger partial charge is 0.394 e. The standard InChI is InChI=1S/C19H20O4/c1-11-6-12(2)17(13(3)7-11)22-19(21)23-18-14(4)8-16(10-20)9-15(18)5/h6-10H,1-5H3. The van der Waals surface area contributed by atoms with Gasteiger partial charge in [-0.3, -0.25) is 4.79 Å². The maximum atomic E-state index is 12.1. The van der Waals surface area contributed by atoms with Crippen molar-refractivity contribution in [3.63, 3.8) is 0 Å². The average Bonchev–Trinajstić information content (AvgIpc) is 2.46. The SMILES string of the molecule is Cc1cc(C)c(OC(=O)Oc2c(C)cc(C=O)cc2C)c(C)c1. The molecule has 0 fully saturated rings. The summed E-state index contributed by atoms with van der Waals surface area (Å²) in [6.07, 6.45) is -0.0219. The zero-order valence-corrected chi connectivity index (χ0v) is 14.0. The van der Waals surface area contributed by atoms with Crippen molar-refractivity contribution < 1.29 is 19.1 Å². The first-order chi connectivity index (χ1) is 10.8. The summed E-state index contributed by atoms with van der Waals surface area (Å²) in [5, 5.41) is 0. The van der Waals surface area contributed by atoms with Crippen LogP contribution in [0.4, 0.5) is 4.79 Å². The fraction of sp³-hybridized carbons (Fsp3) is 0.263. The van der Waals surface area contributed by atoms with Crippen LogP contribution in [0.3, 0.4) is 0 Å². The van der Waals surface area contributed by atoms with Crippen LogP contribution in [0.1, 0.15) is 38.2 Å². The lowest BCUT2D eigenvalue weighted by molar-refractivity contribution is 0.112. The molecule has 120 valence electrons. The van der Waals surface area contributed by atoms with Gasteiger partial charge >= 0.3 is 6.16 Å². The molecule has 0 aromatic heterocycles. The summed E-state index contributed by atoms with van der Waals surface area (Å²) in [6.45, 7) is 9.33. The van der Waals surface area contributed by atoms with Gasteiger partial charge in [-0.1, -0.05) is 17.7 Å². The second-order valence-corrected chi connectivity index (χ2v) is 5.78. The third kappa shape index (κ3) is 3.77. The van der Waals surface area contributed by atoms with Crippen LogP contribution in [0.5, 0.6) is 11.5 Å². The number of hydrogen-bond acceptors (Lipinski definition) is 4. The van der Waals surface area contributed by atoms with Gasteiger partial charge in [-0.15, -0.1) is 0 Å². The lowest BCUT2D eigenvalue weighted by Gasteiger charge is -2.14. The second-order valence-electron chi connectivity index (χ2n) is 5.78. The van der Waals surface area contributed by atoms with Crippen LogP contribution in [0.15, 0.2) is 24.3 Å². The van der Waals surface area contributed by atoms with Crippen molar-refractivity contribution in [1.82, 2.24) is 0 Å². The summed E-state index contributed by atoms with van der Waals surface area (Å²) >= 11 is 0. The molecular weight excluding hydrogens is 292 g/mol. The number of hydrogen-bond donors (Lipinski definition) is 0. The van der Waals surface area contributed by atoms with Crippen molar-refractivity contribution in [2.75, 3.05) is 0 Å². The first kappa shape index (κ1) is 16.7. The second kappa shape index (κ2) is 6.65. The number of aldehydes is 1. The van der Waals surface area contributed by atoms with E-state index in [4.69, 9.17) is 9.47 Å². The third-order valence-electron chi connectivity index (χ3n) is 3.59. The van der Waals surface area contributed by atoms with Gasteiger partial charge in [0.1, 0.15) is 17.8 Å². The molecule has 4 heteroatoms. The predicted octanol–water partition coefficient (Wildman–Crippen LogP) is 4.62. The summed E-state index contributed by atoms with van der Waals surface area (Å²) in [4.78, 5) is 23.0. The topological polar surface area (TPSA) is 52.6 Å². The Morgan fingerprint density at radius 2 is 1.17 bits per heavy atom. The first-order valence-corrected chi connectivity index (χ1v) is 7.35. The molecule has 0 aliphatic heterocycles. The van der Waals surface area contributed by atoms with Crippen LogP contribution in [-0.2, 0) is 0 Å². The van der Waals surface area contributed by atoms with Gasteiger partial charge in [0.05, 0.1) is 0 Å². The Hall–Kier alpha value is -2.62. The van der Waals surface area contributed by atoms with E-state index in [1.54, 1.807) is 26.0 Å². The fourth-order valence-corrected chi connectivity index (χ4v) is 2.73. The maximum Gasteiger partial charge on any atom is 0.519 e. The lowest BCUT2D eigenvalue weighted by Crippen LogP contribution is -2.16. The molecule has 0 amide bonds. The van der Waals surface area contributed by atoms with E-state index in [1.807, 2.05) is 32.9 Å². The first-order valence-electron chi connectivity index (χ1n) is 7.35. The van der Waals surface area contributed by atoms with E-state index in [9.17, 15) is 9.59 Å². The number of ether oxygens (including phenoxy) is 2. The van der Waals surface area contributed by atoms with Gasteiger partial charge in [0.15, 0.2) is 0 Å². The molecule has 0 aliphatic rings. The molecule has 0 atom stereocenters. The number of aryl methyl sites for hydroxylation is 5. The summed E-state index contributed by atoms with van der Waals surface area (Å²) in [5.41, 5.74) is 4.83. The summed E-state index contributed by atoms with van der Waals surface area (Å²) in [6, 6.07) is 7.24. The molecular formula is C19H20O4.